The number of ether oxygens (including phenoxy) is 1. The number of hydrogen-bond acceptors (Lipinski definition) is 4. The fraction of sp³-hybridized carbons (Fsp3) is 0.222. The molecule has 4 nitrogen and oxygen atoms in total. The molecule has 0 aliphatic rings. The van der Waals surface area contributed by atoms with Gasteiger partial charge in [0.25, 0.3) is 0 Å². The van der Waals surface area contributed by atoms with E-state index in [9.17, 15) is 9.59 Å². The van der Waals surface area contributed by atoms with E-state index in [1.165, 1.54) is 18.9 Å². The fourth-order valence-corrected chi connectivity index (χ4v) is 2.82. The smallest absolute Gasteiger partial charge is 0.307 e. The molecule has 0 saturated carbocycles. The van der Waals surface area contributed by atoms with Crippen molar-refractivity contribution in [1.82, 2.24) is 5.32 Å². The maximum atomic E-state index is 12.2. The van der Waals surface area contributed by atoms with Crippen LogP contribution in [0.2, 0.25) is 0 Å². The summed E-state index contributed by atoms with van der Waals surface area (Å²) in [7, 11) is 1.34. The molecule has 120 valence electrons. The summed E-state index contributed by atoms with van der Waals surface area (Å²) in [6.45, 7) is 0. The summed E-state index contributed by atoms with van der Waals surface area (Å²) in [6.07, 6.45) is 0.113. The fourth-order valence-electron chi connectivity index (χ4n) is 2.09. The van der Waals surface area contributed by atoms with Crippen molar-refractivity contribution in [2.45, 2.75) is 17.4 Å². The van der Waals surface area contributed by atoms with Crippen LogP contribution in [0.25, 0.3) is 0 Å². The summed E-state index contributed by atoms with van der Waals surface area (Å²) < 4.78 is 4.72. The molecule has 1 unspecified atom stereocenters. The summed E-state index contributed by atoms with van der Waals surface area (Å²) >= 11 is 1.46. The third-order valence-corrected chi connectivity index (χ3v) is 4.26. The SMILES string of the molecule is COC(=O)CC(NC(=O)CSc1ccccc1)c1ccccc1. The second-order valence-corrected chi connectivity index (χ2v) is 5.96. The Morgan fingerprint density at radius 3 is 2.26 bits per heavy atom. The molecule has 2 aromatic carbocycles. The van der Waals surface area contributed by atoms with Crippen LogP contribution in [0.15, 0.2) is 65.6 Å². The first-order valence-electron chi connectivity index (χ1n) is 7.28. The molecule has 5 heteroatoms. The normalized spacial score (nSPS) is 11.5. The first-order valence-corrected chi connectivity index (χ1v) is 8.26. The van der Waals surface area contributed by atoms with Gasteiger partial charge in [-0.25, -0.2) is 0 Å². The average molecular weight is 329 g/mol. The number of nitrogens with one attached hydrogen (secondary N) is 1. The minimum atomic E-state index is -0.382. The number of benzene rings is 2. The Hall–Kier alpha value is -2.27. The van der Waals surface area contributed by atoms with E-state index in [0.29, 0.717) is 5.75 Å². The van der Waals surface area contributed by atoms with Crippen LogP contribution < -0.4 is 5.32 Å². The number of amides is 1. The molecule has 23 heavy (non-hydrogen) atoms. The van der Waals surface area contributed by atoms with Crippen LogP contribution in [-0.2, 0) is 14.3 Å². The molecule has 1 atom stereocenters. The Kier molecular flexibility index (Phi) is 6.69. The minimum absolute atomic E-state index is 0.113. The molecule has 2 aromatic rings. The van der Waals surface area contributed by atoms with E-state index in [2.05, 4.69) is 5.32 Å². The lowest BCUT2D eigenvalue weighted by molar-refractivity contribution is -0.141. The summed E-state index contributed by atoms with van der Waals surface area (Å²) in [5, 5.41) is 2.91. The Morgan fingerprint density at radius 1 is 1.04 bits per heavy atom. The van der Waals surface area contributed by atoms with Crippen LogP contribution in [-0.4, -0.2) is 24.7 Å². The number of hydrogen-bond donors (Lipinski definition) is 1. The second kappa shape index (κ2) is 9.00. The molecule has 0 aliphatic carbocycles. The van der Waals surface area contributed by atoms with Gasteiger partial charge in [0.05, 0.1) is 25.3 Å². The molecule has 0 saturated heterocycles. The molecule has 0 radical (unpaired) electrons. The number of methoxy groups -OCH3 is 1. The van der Waals surface area contributed by atoms with Gasteiger partial charge in [0, 0.05) is 4.90 Å². The Morgan fingerprint density at radius 2 is 1.65 bits per heavy atom. The van der Waals surface area contributed by atoms with E-state index < -0.39 is 0 Å². The number of carbonyl (C=O) groups excluding carboxylic acids is 2. The largest absolute Gasteiger partial charge is 0.469 e. The van der Waals surface area contributed by atoms with Gasteiger partial charge in [-0.3, -0.25) is 9.59 Å². The lowest BCUT2D eigenvalue weighted by atomic mass is 10.0. The maximum Gasteiger partial charge on any atom is 0.307 e. The molecule has 0 bridgehead atoms. The predicted octanol–water partition coefficient (Wildman–Crippen LogP) is 3.20. The molecule has 0 aromatic heterocycles. The molecule has 0 fully saturated rings. The third-order valence-electron chi connectivity index (χ3n) is 3.25. The molecule has 0 aliphatic heterocycles. The average Bonchev–Trinajstić information content (AvgIpc) is 2.61. The zero-order valence-electron chi connectivity index (χ0n) is 12.9. The van der Waals surface area contributed by atoms with Crippen LogP contribution in [0, 0.1) is 0 Å². The van der Waals surface area contributed by atoms with Gasteiger partial charge in [-0.15, -0.1) is 11.8 Å². The van der Waals surface area contributed by atoms with Gasteiger partial charge in [-0.05, 0) is 17.7 Å². The third kappa shape index (κ3) is 5.79. The monoisotopic (exact) mass is 329 g/mol. The summed E-state index contributed by atoms with van der Waals surface area (Å²) in [4.78, 5) is 24.8. The quantitative estimate of drug-likeness (QED) is 0.626. The molecule has 0 heterocycles. The highest BCUT2D eigenvalue weighted by atomic mass is 32.2. The summed E-state index contributed by atoms with van der Waals surface area (Å²) in [5.41, 5.74) is 0.885. The molecule has 0 spiro atoms. The van der Waals surface area contributed by atoms with Crippen molar-refractivity contribution in [2.24, 2.45) is 0 Å². The lowest BCUT2D eigenvalue weighted by Crippen LogP contribution is -2.31. The summed E-state index contributed by atoms with van der Waals surface area (Å²) in [6, 6.07) is 18.8. The number of esters is 1. The van der Waals surface area contributed by atoms with Gasteiger partial charge in [0.1, 0.15) is 0 Å². The Balaban J connectivity index is 1.96. The highest BCUT2D eigenvalue weighted by Gasteiger charge is 2.18. The lowest BCUT2D eigenvalue weighted by Gasteiger charge is -2.18. The molecule has 1 N–H and O–H groups in total. The summed E-state index contributed by atoms with van der Waals surface area (Å²) in [5.74, 6) is -0.166. The number of carbonyl (C=O) groups is 2. The van der Waals surface area contributed by atoms with E-state index in [0.717, 1.165) is 10.5 Å². The zero-order chi connectivity index (χ0) is 16.5. The maximum absolute atomic E-state index is 12.2. The Labute approximate surface area is 140 Å². The molecule has 2 rings (SSSR count). The van der Waals surface area contributed by atoms with Gasteiger partial charge >= 0.3 is 5.97 Å². The van der Waals surface area contributed by atoms with Crippen LogP contribution in [0.1, 0.15) is 18.0 Å². The van der Waals surface area contributed by atoms with Crippen LogP contribution in [0.4, 0.5) is 0 Å². The van der Waals surface area contributed by atoms with Gasteiger partial charge in [-0.1, -0.05) is 48.5 Å². The van der Waals surface area contributed by atoms with Crippen LogP contribution >= 0.6 is 11.8 Å². The van der Waals surface area contributed by atoms with Gasteiger partial charge in [-0.2, -0.15) is 0 Å². The van der Waals surface area contributed by atoms with Crippen molar-refractivity contribution >= 4 is 23.6 Å². The van der Waals surface area contributed by atoms with Crippen molar-refractivity contribution < 1.29 is 14.3 Å². The predicted molar refractivity (Wildman–Crippen MR) is 91.1 cm³/mol. The van der Waals surface area contributed by atoms with Crippen molar-refractivity contribution in [3.8, 4) is 0 Å². The van der Waals surface area contributed by atoms with Crippen molar-refractivity contribution in [3.05, 3.63) is 66.2 Å². The molecule has 1 amide bonds. The van der Waals surface area contributed by atoms with E-state index in [4.69, 9.17) is 4.74 Å². The standard InChI is InChI=1S/C18H19NO3S/c1-22-18(21)12-16(14-8-4-2-5-9-14)19-17(20)13-23-15-10-6-3-7-11-15/h2-11,16H,12-13H2,1H3,(H,19,20). The van der Waals surface area contributed by atoms with Crippen molar-refractivity contribution in [2.75, 3.05) is 12.9 Å². The van der Waals surface area contributed by atoms with E-state index >= 15 is 0 Å². The molecular formula is C18H19NO3S. The van der Waals surface area contributed by atoms with Gasteiger partial charge < -0.3 is 10.1 Å². The van der Waals surface area contributed by atoms with Crippen molar-refractivity contribution in [1.29, 1.82) is 0 Å². The van der Waals surface area contributed by atoms with Gasteiger partial charge in [0.15, 0.2) is 0 Å². The molecular weight excluding hydrogens is 310 g/mol. The van der Waals surface area contributed by atoms with E-state index in [1.807, 2.05) is 60.7 Å². The topological polar surface area (TPSA) is 55.4 Å². The zero-order valence-corrected chi connectivity index (χ0v) is 13.7. The first-order chi connectivity index (χ1) is 11.2. The second-order valence-electron chi connectivity index (χ2n) is 4.91. The minimum Gasteiger partial charge on any atom is -0.469 e. The van der Waals surface area contributed by atoms with Crippen LogP contribution in [0.5, 0.6) is 0 Å². The van der Waals surface area contributed by atoms with Crippen LogP contribution in [0.3, 0.4) is 0 Å². The van der Waals surface area contributed by atoms with E-state index in [-0.39, 0.29) is 24.3 Å². The van der Waals surface area contributed by atoms with Crippen molar-refractivity contribution in [3.63, 3.8) is 0 Å². The Bertz CT molecular complexity index is 631. The highest BCUT2D eigenvalue weighted by molar-refractivity contribution is 8.00. The first kappa shape index (κ1) is 17.1. The highest BCUT2D eigenvalue weighted by Crippen LogP contribution is 2.19. The number of thioether (sulfide) groups is 1. The van der Waals surface area contributed by atoms with Gasteiger partial charge in [0.2, 0.25) is 5.91 Å². The van der Waals surface area contributed by atoms with E-state index in [1.54, 1.807) is 0 Å². The number of rotatable bonds is 7.